The van der Waals surface area contributed by atoms with Gasteiger partial charge < -0.3 is 9.64 Å². The second kappa shape index (κ2) is 7.82. The molecule has 3 heteroatoms. The van der Waals surface area contributed by atoms with Crippen molar-refractivity contribution >= 4 is 5.91 Å². The topological polar surface area (TPSA) is 29.5 Å². The van der Waals surface area contributed by atoms with Gasteiger partial charge in [0.1, 0.15) is 11.5 Å². The van der Waals surface area contributed by atoms with Crippen LogP contribution in [0.1, 0.15) is 49.5 Å². The molecule has 0 aliphatic carbocycles. The summed E-state index contributed by atoms with van der Waals surface area (Å²) < 4.78 is 5.89. The third-order valence-corrected chi connectivity index (χ3v) is 3.91. The Morgan fingerprint density at radius 2 is 1.65 bits per heavy atom. The second-order valence-electron chi connectivity index (χ2n) is 5.83. The van der Waals surface area contributed by atoms with Gasteiger partial charge in [0.15, 0.2) is 0 Å². The number of ether oxygens (including phenoxy) is 1. The van der Waals surface area contributed by atoms with Crippen molar-refractivity contribution < 1.29 is 9.53 Å². The van der Waals surface area contributed by atoms with Gasteiger partial charge in [-0.1, -0.05) is 26.0 Å². The number of carbonyl (C=O) groups excluding carboxylic acids is 1. The molecule has 0 saturated carbocycles. The van der Waals surface area contributed by atoms with Gasteiger partial charge in [-0.3, -0.25) is 4.79 Å². The van der Waals surface area contributed by atoms with Crippen LogP contribution in [0.15, 0.2) is 48.5 Å². The van der Waals surface area contributed by atoms with E-state index in [4.69, 9.17) is 4.74 Å². The van der Waals surface area contributed by atoms with Crippen molar-refractivity contribution in [3.8, 4) is 11.5 Å². The lowest BCUT2D eigenvalue weighted by molar-refractivity contribution is 0.0773. The van der Waals surface area contributed by atoms with Crippen LogP contribution in [0, 0.1) is 0 Å². The van der Waals surface area contributed by atoms with E-state index >= 15 is 0 Å². The number of benzene rings is 2. The molecule has 1 amide bonds. The average Bonchev–Trinajstić information content (AvgIpc) is 2.56. The standard InChI is InChI=1S/C20H25NO2/c1-5-21(6-2)20(22)16-10-12-18(13-11-16)23-19-9-7-8-17(14-19)15(3)4/h7-15H,5-6H2,1-4H3. The molecule has 0 radical (unpaired) electrons. The predicted molar refractivity (Wildman–Crippen MR) is 94.3 cm³/mol. The highest BCUT2D eigenvalue weighted by Crippen LogP contribution is 2.25. The fraction of sp³-hybridized carbons (Fsp3) is 0.350. The van der Waals surface area contributed by atoms with Gasteiger partial charge in [0.25, 0.3) is 5.91 Å². The number of hydrogen-bond donors (Lipinski definition) is 0. The highest BCUT2D eigenvalue weighted by Gasteiger charge is 2.12. The van der Waals surface area contributed by atoms with Crippen LogP contribution in [0.5, 0.6) is 11.5 Å². The number of nitrogens with zero attached hydrogens (tertiary/aromatic N) is 1. The predicted octanol–water partition coefficient (Wildman–Crippen LogP) is 5.08. The van der Waals surface area contributed by atoms with E-state index in [1.165, 1.54) is 5.56 Å². The van der Waals surface area contributed by atoms with Crippen LogP contribution in [0.3, 0.4) is 0 Å². The summed E-state index contributed by atoms with van der Waals surface area (Å²) in [6, 6.07) is 15.4. The first-order valence-corrected chi connectivity index (χ1v) is 8.22. The normalized spacial score (nSPS) is 10.7. The Labute approximate surface area is 138 Å². The monoisotopic (exact) mass is 311 g/mol. The summed E-state index contributed by atoms with van der Waals surface area (Å²) in [5.41, 5.74) is 1.94. The van der Waals surface area contributed by atoms with Gasteiger partial charge in [-0.2, -0.15) is 0 Å². The van der Waals surface area contributed by atoms with E-state index < -0.39 is 0 Å². The first-order valence-electron chi connectivity index (χ1n) is 8.22. The molecule has 0 N–H and O–H groups in total. The third kappa shape index (κ3) is 4.35. The van der Waals surface area contributed by atoms with Gasteiger partial charge in [-0.05, 0) is 61.7 Å². The molecule has 0 aliphatic rings. The number of rotatable bonds is 6. The molecular weight excluding hydrogens is 286 g/mol. The Bertz CT molecular complexity index is 643. The number of amides is 1. The lowest BCUT2D eigenvalue weighted by Gasteiger charge is -2.18. The zero-order chi connectivity index (χ0) is 16.8. The van der Waals surface area contributed by atoms with E-state index in [9.17, 15) is 4.79 Å². The van der Waals surface area contributed by atoms with Crippen LogP contribution in [-0.4, -0.2) is 23.9 Å². The van der Waals surface area contributed by atoms with E-state index in [1.807, 2.05) is 55.1 Å². The fourth-order valence-corrected chi connectivity index (χ4v) is 2.43. The van der Waals surface area contributed by atoms with Gasteiger partial charge >= 0.3 is 0 Å². The van der Waals surface area contributed by atoms with E-state index in [0.717, 1.165) is 24.6 Å². The lowest BCUT2D eigenvalue weighted by atomic mass is 10.0. The minimum absolute atomic E-state index is 0.0587. The highest BCUT2D eigenvalue weighted by atomic mass is 16.5. The Morgan fingerprint density at radius 1 is 1.00 bits per heavy atom. The summed E-state index contributed by atoms with van der Waals surface area (Å²) in [5.74, 6) is 2.08. The molecule has 122 valence electrons. The first kappa shape index (κ1) is 17.1. The van der Waals surface area contributed by atoms with Gasteiger partial charge in [0, 0.05) is 18.7 Å². The number of hydrogen-bond acceptors (Lipinski definition) is 2. The fourth-order valence-electron chi connectivity index (χ4n) is 2.43. The SMILES string of the molecule is CCN(CC)C(=O)c1ccc(Oc2cccc(C(C)C)c2)cc1. The van der Waals surface area contributed by atoms with Crippen molar-refractivity contribution in [1.29, 1.82) is 0 Å². The van der Waals surface area contributed by atoms with E-state index in [2.05, 4.69) is 26.0 Å². The molecule has 3 nitrogen and oxygen atoms in total. The molecule has 0 aromatic heterocycles. The minimum atomic E-state index is 0.0587. The van der Waals surface area contributed by atoms with Crippen LogP contribution in [0.25, 0.3) is 0 Å². The molecule has 0 fully saturated rings. The van der Waals surface area contributed by atoms with Gasteiger partial charge in [0.05, 0.1) is 0 Å². The first-order chi connectivity index (χ1) is 11.0. The zero-order valence-electron chi connectivity index (χ0n) is 14.4. The lowest BCUT2D eigenvalue weighted by Crippen LogP contribution is -2.30. The van der Waals surface area contributed by atoms with Crippen molar-refractivity contribution in [1.82, 2.24) is 4.90 Å². The summed E-state index contributed by atoms with van der Waals surface area (Å²) in [6.45, 7) is 9.73. The molecule has 0 unspecified atom stereocenters. The molecule has 0 atom stereocenters. The molecule has 23 heavy (non-hydrogen) atoms. The average molecular weight is 311 g/mol. The van der Waals surface area contributed by atoms with Crippen molar-refractivity contribution in [3.63, 3.8) is 0 Å². The summed E-state index contributed by atoms with van der Waals surface area (Å²) in [4.78, 5) is 14.1. The molecule has 0 aliphatic heterocycles. The maximum atomic E-state index is 12.3. The highest BCUT2D eigenvalue weighted by molar-refractivity contribution is 5.94. The molecule has 0 saturated heterocycles. The minimum Gasteiger partial charge on any atom is -0.457 e. The molecule has 0 bridgehead atoms. The van der Waals surface area contributed by atoms with E-state index in [-0.39, 0.29) is 5.91 Å². The Hall–Kier alpha value is -2.29. The number of carbonyl (C=O) groups is 1. The van der Waals surface area contributed by atoms with E-state index in [1.54, 1.807) is 0 Å². The summed E-state index contributed by atoms with van der Waals surface area (Å²) in [5, 5.41) is 0. The third-order valence-electron chi connectivity index (χ3n) is 3.91. The van der Waals surface area contributed by atoms with E-state index in [0.29, 0.717) is 11.5 Å². The van der Waals surface area contributed by atoms with Crippen LogP contribution < -0.4 is 4.74 Å². The van der Waals surface area contributed by atoms with Gasteiger partial charge in [-0.25, -0.2) is 0 Å². The molecule has 2 rings (SSSR count). The van der Waals surface area contributed by atoms with Gasteiger partial charge in [-0.15, -0.1) is 0 Å². The van der Waals surface area contributed by atoms with Crippen LogP contribution in [-0.2, 0) is 0 Å². The van der Waals surface area contributed by atoms with Crippen molar-refractivity contribution in [3.05, 3.63) is 59.7 Å². The maximum Gasteiger partial charge on any atom is 0.253 e. The zero-order valence-corrected chi connectivity index (χ0v) is 14.4. The largest absolute Gasteiger partial charge is 0.457 e. The van der Waals surface area contributed by atoms with Gasteiger partial charge in [0.2, 0.25) is 0 Å². The quantitative estimate of drug-likeness (QED) is 0.744. The Balaban J connectivity index is 2.11. The Kier molecular flexibility index (Phi) is 5.80. The summed E-state index contributed by atoms with van der Waals surface area (Å²) >= 11 is 0. The Morgan fingerprint density at radius 3 is 2.22 bits per heavy atom. The van der Waals surface area contributed by atoms with Crippen molar-refractivity contribution in [2.45, 2.75) is 33.6 Å². The van der Waals surface area contributed by atoms with Crippen LogP contribution in [0.4, 0.5) is 0 Å². The summed E-state index contributed by atoms with van der Waals surface area (Å²) in [7, 11) is 0. The smallest absolute Gasteiger partial charge is 0.253 e. The second-order valence-corrected chi connectivity index (χ2v) is 5.83. The van der Waals surface area contributed by atoms with Crippen molar-refractivity contribution in [2.24, 2.45) is 0 Å². The molecule has 2 aromatic rings. The molecular formula is C20H25NO2. The van der Waals surface area contributed by atoms with Crippen LogP contribution >= 0.6 is 0 Å². The molecule has 0 heterocycles. The maximum absolute atomic E-state index is 12.3. The molecule has 2 aromatic carbocycles. The summed E-state index contributed by atoms with van der Waals surface area (Å²) in [6.07, 6.45) is 0. The molecule has 0 spiro atoms. The van der Waals surface area contributed by atoms with Crippen molar-refractivity contribution in [2.75, 3.05) is 13.1 Å². The van der Waals surface area contributed by atoms with Crippen LogP contribution in [0.2, 0.25) is 0 Å².